The van der Waals surface area contributed by atoms with Crippen molar-refractivity contribution in [1.29, 1.82) is 0 Å². The van der Waals surface area contributed by atoms with E-state index >= 15 is 0 Å². The molecule has 16 heavy (non-hydrogen) atoms. The molecule has 2 atom stereocenters. The van der Waals surface area contributed by atoms with Crippen LogP contribution >= 0.6 is 0 Å². The van der Waals surface area contributed by atoms with E-state index < -0.39 is 12.1 Å². The zero-order valence-electron chi connectivity index (χ0n) is 9.11. The van der Waals surface area contributed by atoms with Gasteiger partial charge in [0, 0.05) is 18.3 Å². The molecule has 0 fully saturated rings. The van der Waals surface area contributed by atoms with Gasteiger partial charge in [-0.2, -0.15) is 0 Å². The van der Waals surface area contributed by atoms with Crippen LogP contribution in [0, 0.1) is 10.1 Å². The Labute approximate surface area is 94.4 Å². The van der Waals surface area contributed by atoms with Crippen molar-refractivity contribution in [2.24, 2.45) is 0 Å². The Hall–Kier alpha value is -1.68. The molecule has 0 amide bonds. The minimum Gasteiger partial charge on any atom is -0.389 e. The van der Waals surface area contributed by atoms with Crippen LogP contribution in [0.3, 0.4) is 0 Å². The number of aliphatic hydroxyl groups excluding tert-OH is 1. The van der Waals surface area contributed by atoms with E-state index in [1.165, 1.54) is 6.92 Å². The molecule has 0 aliphatic rings. The summed E-state index contributed by atoms with van der Waals surface area (Å²) in [7, 11) is 0. The van der Waals surface area contributed by atoms with Crippen LogP contribution in [0.4, 0.5) is 0 Å². The molecule has 0 saturated carbocycles. The number of aliphatic hydroxyl groups is 1. The van der Waals surface area contributed by atoms with Crippen LogP contribution in [0.15, 0.2) is 36.4 Å². The zero-order valence-corrected chi connectivity index (χ0v) is 9.11. The quantitative estimate of drug-likeness (QED) is 0.611. The van der Waals surface area contributed by atoms with E-state index in [1.807, 2.05) is 30.3 Å². The minimum absolute atomic E-state index is 0.135. The average molecular weight is 221 g/mol. The van der Waals surface area contributed by atoms with E-state index in [0.717, 1.165) is 5.56 Å². The molecular formula is C12H15NO3. The lowest BCUT2D eigenvalue weighted by atomic mass is 10.1. The Morgan fingerprint density at radius 1 is 1.44 bits per heavy atom. The first-order valence-electron chi connectivity index (χ1n) is 5.14. The summed E-state index contributed by atoms with van der Waals surface area (Å²) in [6, 6.07) is 8.77. The Kier molecular flexibility index (Phi) is 4.66. The van der Waals surface area contributed by atoms with Crippen LogP contribution in [0.1, 0.15) is 18.9 Å². The van der Waals surface area contributed by atoms with Crippen LogP contribution in [0.2, 0.25) is 0 Å². The van der Waals surface area contributed by atoms with Gasteiger partial charge in [-0.15, -0.1) is 0 Å². The number of hydrogen-bond acceptors (Lipinski definition) is 3. The maximum Gasteiger partial charge on any atom is 0.213 e. The number of rotatable bonds is 5. The molecule has 0 spiro atoms. The number of hydrogen-bond donors (Lipinski definition) is 1. The zero-order chi connectivity index (χ0) is 12.0. The first-order chi connectivity index (χ1) is 7.59. The molecule has 4 nitrogen and oxygen atoms in total. The second-order valence-electron chi connectivity index (χ2n) is 3.71. The van der Waals surface area contributed by atoms with Crippen LogP contribution in [-0.2, 0) is 0 Å². The molecule has 4 heteroatoms. The van der Waals surface area contributed by atoms with Crippen molar-refractivity contribution in [3.8, 4) is 0 Å². The third-order valence-corrected chi connectivity index (χ3v) is 2.25. The summed E-state index contributed by atoms with van der Waals surface area (Å²) in [4.78, 5) is 9.99. The maximum atomic E-state index is 10.4. The highest BCUT2D eigenvalue weighted by Gasteiger charge is 2.16. The molecule has 0 radical (unpaired) electrons. The summed E-state index contributed by atoms with van der Waals surface area (Å²) in [5.41, 5.74) is 0.968. The van der Waals surface area contributed by atoms with Crippen molar-refractivity contribution in [2.45, 2.75) is 25.5 Å². The Morgan fingerprint density at radius 2 is 2.06 bits per heavy atom. The Balaban J connectivity index is 2.48. The monoisotopic (exact) mass is 221 g/mol. The Morgan fingerprint density at radius 3 is 2.62 bits per heavy atom. The minimum atomic E-state index is -0.777. The standard InChI is InChI=1S/C12H15NO3/c1-10(13(15)16)9-12(14)8-7-11-5-3-2-4-6-11/h2-8,10,12,14H,9H2,1H3/b8-7+. The molecule has 1 rings (SSSR count). The lowest BCUT2D eigenvalue weighted by Gasteiger charge is -2.06. The first-order valence-corrected chi connectivity index (χ1v) is 5.14. The van der Waals surface area contributed by atoms with Crippen molar-refractivity contribution >= 4 is 6.08 Å². The molecule has 1 aromatic carbocycles. The predicted octanol–water partition coefficient (Wildman–Crippen LogP) is 2.12. The van der Waals surface area contributed by atoms with Crippen molar-refractivity contribution in [3.63, 3.8) is 0 Å². The molecule has 0 aliphatic carbocycles. The van der Waals surface area contributed by atoms with E-state index in [1.54, 1.807) is 12.2 Å². The van der Waals surface area contributed by atoms with Gasteiger partial charge in [-0.1, -0.05) is 42.5 Å². The van der Waals surface area contributed by atoms with Crippen molar-refractivity contribution < 1.29 is 10.0 Å². The fraction of sp³-hybridized carbons (Fsp3) is 0.333. The molecular weight excluding hydrogens is 206 g/mol. The summed E-state index contributed by atoms with van der Waals surface area (Å²) >= 11 is 0. The maximum absolute atomic E-state index is 10.4. The van der Waals surface area contributed by atoms with Gasteiger partial charge in [0.15, 0.2) is 0 Å². The van der Waals surface area contributed by atoms with E-state index in [4.69, 9.17) is 0 Å². The number of nitro groups is 1. The van der Waals surface area contributed by atoms with Gasteiger partial charge in [-0.05, 0) is 5.56 Å². The summed E-state index contributed by atoms with van der Waals surface area (Å²) in [5, 5.41) is 19.9. The van der Waals surface area contributed by atoms with Gasteiger partial charge in [-0.3, -0.25) is 10.1 Å². The van der Waals surface area contributed by atoms with Crippen molar-refractivity contribution in [1.82, 2.24) is 0 Å². The summed E-state index contributed by atoms with van der Waals surface area (Å²) in [6.45, 7) is 1.49. The molecule has 1 aromatic rings. The van der Waals surface area contributed by atoms with Gasteiger partial charge in [0.2, 0.25) is 6.04 Å². The highest BCUT2D eigenvalue weighted by molar-refractivity contribution is 5.49. The summed E-state index contributed by atoms with van der Waals surface area (Å²) in [5.74, 6) is 0. The van der Waals surface area contributed by atoms with Gasteiger partial charge < -0.3 is 5.11 Å². The van der Waals surface area contributed by atoms with Crippen molar-refractivity contribution in [2.75, 3.05) is 0 Å². The van der Waals surface area contributed by atoms with Gasteiger partial charge in [-0.25, -0.2) is 0 Å². The molecule has 2 unspecified atom stereocenters. The topological polar surface area (TPSA) is 63.4 Å². The number of benzene rings is 1. The van der Waals surface area contributed by atoms with Crippen LogP contribution in [0.25, 0.3) is 6.08 Å². The van der Waals surface area contributed by atoms with Gasteiger partial charge in [0.1, 0.15) is 0 Å². The molecule has 86 valence electrons. The molecule has 0 aromatic heterocycles. The molecule has 0 bridgehead atoms. The molecule has 1 N–H and O–H groups in total. The smallest absolute Gasteiger partial charge is 0.213 e. The predicted molar refractivity (Wildman–Crippen MR) is 62.6 cm³/mol. The van der Waals surface area contributed by atoms with E-state index in [0.29, 0.717) is 0 Å². The highest BCUT2D eigenvalue weighted by atomic mass is 16.6. The largest absolute Gasteiger partial charge is 0.389 e. The molecule has 0 saturated heterocycles. The molecule has 0 aliphatic heterocycles. The first kappa shape index (κ1) is 12.4. The second kappa shape index (κ2) is 6.02. The van der Waals surface area contributed by atoms with Crippen LogP contribution < -0.4 is 0 Å². The second-order valence-corrected chi connectivity index (χ2v) is 3.71. The van der Waals surface area contributed by atoms with Gasteiger partial charge in [0.25, 0.3) is 0 Å². The van der Waals surface area contributed by atoms with E-state index in [-0.39, 0.29) is 11.3 Å². The van der Waals surface area contributed by atoms with Crippen molar-refractivity contribution in [3.05, 3.63) is 52.1 Å². The lowest BCUT2D eigenvalue weighted by Crippen LogP contribution is -2.20. The van der Waals surface area contributed by atoms with Crippen LogP contribution in [0.5, 0.6) is 0 Å². The third-order valence-electron chi connectivity index (χ3n) is 2.25. The molecule has 0 heterocycles. The van der Waals surface area contributed by atoms with Gasteiger partial charge in [0.05, 0.1) is 6.10 Å². The lowest BCUT2D eigenvalue weighted by molar-refractivity contribution is -0.520. The third kappa shape index (κ3) is 4.23. The van der Waals surface area contributed by atoms with E-state index in [2.05, 4.69) is 0 Å². The van der Waals surface area contributed by atoms with Crippen LogP contribution in [-0.4, -0.2) is 22.2 Å². The fourth-order valence-electron chi connectivity index (χ4n) is 1.30. The fourth-order valence-corrected chi connectivity index (χ4v) is 1.30. The SMILES string of the molecule is CC(CC(O)/C=C/c1ccccc1)[N+](=O)[O-]. The van der Waals surface area contributed by atoms with Gasteiger partial charge >= 0.3 is 0 Å². The number of nitrogens with zero attached hydrogens (tertiary/aromatic N) is 1. The normalized spacial score (nSPS) is 14.9. The van der Waals surface area contributed by atoms with E-state index in [9.17, 15) is 15.2 Å². The highest BCUT2D eigenvalue weighted by Crippen LogP contribution is 2.06. The summed E-state index contributed by atoms with van der Waals surface area (Å²) in [6.07, 6.45) is 2.70. The average Bonchev–Trinajstić information content (AvgIpc) is 2.27. The summed E-state index contributed by atoms with van der Waals surface area (Å²) < 4.78 is 0. The Bertz CT molecular complexity index is 362.